The minimum atomic E-state index is 0. The molecular weight excluding hydrogens is 149 g/mol. The fourth-order valence-electron chi connectivity index (χ4n) is 0. The molecule has 0 bridgehead atoms. The summed E-state index contributed by atoms with van der Waals surface area (Å²) in [6, 6.07) is 0. The summed E-state index contributed by atoms with van der Waals surface area (Å²) in [5, 5.41) is 0. The molecule has 0 spiro atoms. The molecule has 0 amide bonds. The van der Waals surface area contributed by atoms with Crippen molar-refractivity contribution in [2.75, 3.05) is 0 Å². The molecule has 0 fully saturated rings. The third kappa shape index (κ3) is 17.7. The number of hydrogen-bond acceptors (Lipinski definition) is 0. The van der Waals surface area contributed by atoms with E-state index < -0.39 is 0 Å². The van der Waals surface area contributed by atoms with Crippen molar-refractivity contribution >= 4 is 154 Å². The van der Waals surface area contributed by atoms with E-state index in [2.05, 4.69) is 0 Å². The molecule has 5 heavy (non-hydrogen) atoms. The standard InChI is InChI=1S/3K.2H2O.3H/h;;;2*1H2;;;. The van der Waals surface area contributed by atoms with Gasteiger partial charge in [-0.3, -0.25) is 0 Å². The van der Waals surface area contributed by atoms with Crippen LogP contribution in [0, 0.1) is 0 Å². The Morgan fingerprint density at radius 2 is 0.400 bits per heavy atom. The predicted molar refractivity (Wildman–Crippen MR) is 28.7 cm³/mol. The van der Waals surface area contributed by atoms with E-state index in [4.69, 9.17) is 0 Å². The molecule has 0 unspecified atom stereocenters. The zero-order valence-corrected chi connectivity index (χ0v) is 1.00. The molecule has 4 N–H and O–H groups in total. The second-order valence-electron chi connectivity index (χ2n) is 0. The average molecular weight is 156 g/mol. The molecule has 0 rings (SSSR count). The molecule has 0 aliphatic heterocycles. The van der Waals surface area contributed by atoms with E-state index in [0.29, 0.717) is 0 Å². The zero-order valence-electron chi connectivity index (χ0n) is 1.00. The van der Waals surface area contributed by atoms with Gasteiger partial charge in [0.2, 0.25) is 0 Å². The molecule has 5 heteroatoms. The Morgan fingerprint density at radius 1 is 0.400 bits per heavy atom. The van der Waals surface area contributed by atoms with Gasteiger partial charge in [0.1, 0.15) is 0 Å². The number of hydrogen-bond donors (Lipinski definition) is 0. The van der Waals surface area contributed by atoms with E-state index in [0.717, 1.165) is 0 Å². The first-order valence-electron chi connectivity index (χ1n) is 0. The summed E-state index contributed by atoms with van der Waals surface area (Å²) in [7, 11) is 0. The van der Waals surface area contributed by atoms with Crippen LogP contribution in [0.25, 0.3) is 0 Å². The SMILES string of the molecule is O.O.[KH].[KH].[KH]. The topological polar surface area (TPSA) is 63.0 Å². The molecule has 0 aliphatic carbocycles. The normalized spacial score (nSPS) is 0. The maximum atomic E-state index is 0. The average Bonchev–Trinajstić information content (AvgIpc) is 0. The van der Waals surface area contributed by atoms with Gasteiger partial charge in [-0.05, 0) is 0 Å². The van der Waals surface area contributed by atoms with E-state index in [9.17, 15) is 0 Å². The second-order valence-corrected chi connectivity index (χ2v) is 0. The van der Waals surface area contributed by atoms with Crippen molar-refractivity contribution in [1.82, 2.24) is 0 Å². The van der Waals surface area contributed by atoms with Crippen LogP contribution in [0.4, 0.5) is 0 Å². The van der Waals surface area contributed by atoms with Crippen molar-refractivity contribution in [1.29, 1.82) is 0 Å². The Hall–Kier alpha value is 4.83. The van der Waals surface area contributed by atoms with Crippen molar-refractivity contribution in [2.45, 2.75) is 0 Å². The third-order valence-corrected chi connectivity index (χ3v) is 0. The van der Waals surface area contributed by atoms with Crippen molar-refractivity contribution in [3.63, 3.8) is 0 Å². The fraction of sp³-hybridized carbons (Fsp3) is 0. The van der Waals surface area contributed by atoms with Gasteiger partial charge in [-0.15, -0.1) is 0 Å². The number of rotatable bonds is 0. The minimum absolute atomic E-state index is 0. The molecule has 22 valence electrons. The van der Waals surface area contributed by atoms with Crippen LogP contribution in [0.1, 0.15) is 0 Å². The van der Waals surface area contributed by atoms with Crippen molar-refractivity contribution in [3.8, 4) is 0 Å². The van der Waals surface area contributed by atoms with Gasteiger partial charge in [0.05, 0.1) is 0 Å². The van der Waals surface area contributed by atoms with Gasteiger partial charge in [0.25, 0.3) is 0 Å². The van der Waals surface area contributed by atoms with Gasteiger partial charge in [0.15, 0.2) is 0 Å². The van der Waals surface area contributed by atoms with Crippen molar-refractivity contribution in [3.05, 3.63) is 0 Å². The summed E-state index contributed by atoms with van der Waals surface area (Å²) in [5.74, 6) is 0. The zero-order chi connectivity index (χ0) is 0. The van der Waals surface area contributed by atoms with E-state index in [1.165, 1.54) is 0 Å². The third-order valence-electron chi connectivity index (χ3n) is 0. The van der Waals surface area contributed by atoms with Gasteiger partial charge >= 0.3 is 154 Å². The Morgan fingerprint density at radius 3 is 0.400 bits per heavy atom. The van der Waals surface area contributed by atoms with Crippen molar-refractivity contribution in [2.24, 2.45) is 0 Å². The molecule has 0 saturated carbocycles. The summed E-state index contributed by atoms with van der Waals surface area (Å²) >= 11 is 0. The Bertz CT molecular complexity index is 4.85. The van der Waals surface area contributed by atoms with E-state index >= 15 is 0 Å². The van der Waals surface area contributed by atoms with E-state index in [1.54, 1.807) is 0 Å². The predicted octanol–water partition coefficient (Wildman–Crippen LogP) is -3.59. The maximum absolute atomic E-state index is 0. The van der Waals surface area contributed by atoms with Crippen LogP contribution in [0.3, 0.4) is 0 Å². The van der Waals surface area contributed by atoms with Crippen LogP contribution in [-0.4, -0.2) is 165 Å². The van der Waals surface area contributed by atoms with Crippen LogP contribution in [0.15, 0.2) is 0 Å². The van der Waals surface area contributed by atoms with Gasteiger partial charge in [-0.2, -0.15) is 0 Å². The molecular formula is H7K3O2. The summed E-state index contributed by atoms with van der Waals surface area (Å²) in [6.07, 6.45) is 0. The van der Waals surface area contributed by atoms with Crippen molar-refractivity contribution < 1.29 is 11.0 Å². The first-order valence-corrected chi connectivity index (χ1v) is 0. The molecule has 0 atom stereocenters. The molecule has 0 aromatic rings. The van der Waals surface area contributed by atoms with Gasteiger partial charge in [-0.1, -0.05) is 0 Å². The molecule has 0 aromatic carbocycles. The first kappa shape index (κ1) is 32.9. The molecule has 0 radical (unpaired) electrons. The first-order chi connectivity index (χ1) is 0. The second kappa shape index (κ2) is 23.2. The molecule has 0 aliphatic rings. The Kier molecular flexibility index (Phi) is 152. The monoisotopic (exact) mass is 156 g/mol. The molecule has 0 heterocycles. The summed E-state index contributed by atoms with van der Waals surface area (Å²) < 4.78 is 0. The van der Waals surface area contributed by atoms with Gasteiger partial charge in [-0.25, -0.2) is 0 Å². The van der Waals surface area contributed by atoms with Crippen LogP contribution >= 0.6 is 0 Å². The fourth-order valence-corrected chi connectivity index (χ4v) is 0. The van der Waals surface area contributed by atoms with Crippen LogP contribution in [-0.2, 0) is 0 Å². The van der Waals surface area contributed by atoms with E-state index in [-0.39, 0.29) is 165 Å². The summed E-state index contributed by atoms with van der Waals surface area (Å²) in [5.41, 5.74) is 0. The molecule has 2 nitrogen and oxygen atoms in total. The van der Waals surface area contributed by atoms with Gasteiger partial charge in [0, 0.05) is 0 Å². The van der Waals surface area contributed by atoms with E-state index in [1.807, 2.05) is 0 Å². The summed E-state index contributed by atoms with van der Waals surface area (Å²) in [4.78, 5) is 0. The Balaban J connectivity index is 0. The van der Waals surface area contributed by atoms with Crippen LogP contribution < -0.4 is 0 Å². The molecule has 0 saturated heterocycles. The van der Waals surface area contributed by atoms with Gasteiger partial charge < -0.3 is 11.0 Å². The Labute approximate surface area is 159 Å². The summed E-state index contributed by atoms with van der Waals surface area (Å²) in [6.45, 7) is 0. The van der Waals surface area contributed by atoms with Crippen LogP contribution in [0.5, 0.6) is 0 Å². The van der Waals surface area contributed by atoms with Crippen LogP contribution in [0.2, 0.25) is 0 Å². The quantitative estimate of drug-likeness (QED) is 0.326. The molecule has 0 aromatic heterocycles.